The van der Waals surface area contributed by atoms with E-state index in [1.807, 2.05) is 31.1 Å². The molecule has 1 aliphatic rings. The Morgan fingerprint density at radius 2 is 1.92 bits per heavy atom. The summed E-state index contributed by atoms with van der Waals surface area (Å²) < 4.78 is 14.0. The van der Waals surface area contributed by atoms with E-state index < -0.39 is 0 Å². The van der Waals surface area contributed by atoms with Gasteiger partial charge >= 0.3 is 0 Å². The summed E-state index contributed by atoms with van der Waals surface area (Å²) in [7, 11) is 3.86. The van der Waals surface area contributed by atoms with Gasteiger partial charge in [-0.2, -0.15) is 0 Å². The number of guanidine groups is 1. The van der Waals surface area contributed by atoms with Gasteiger partial charge in [-0.25, -0.2) is 9.38 Å². The Bertz CT molecular complexity index is 526. The van der Waals surface area contributed by atoms with Crippen molar-refractivity contribution < 1.29 is 4.39 Å². The topological polar surface area (TPSA) is 53.6 Å². The van der Waals surface area contributed by atoms with Crippen LogP contribution in [0.25, 0.3) is 0 Å². The molecule has 3 N–H and O–H groups in total. The van der Waals surface area contributed by atoms with E-state index in [-0.39, 0.29) is 29.8 Å². The van der Waals surface area contributed by atoms with Crippen LogP contribution >= 0.6 is 24.0 Å². The Morgan fingerprint density at radius 3 is 2.50 bits per heavy atom. The molecule has 24 heavy (non-hydrogen) atoms. The third-order valence-corrected chi connectivity index (χ3v) is 4.24. The maximum atomic E-state index is 14.0. The molecule has 136 valence electrons. The van der Waals surface area contributed by atoms with Gasteiger partial charge in [-0.05, 0) is 38.6 Å². The molecule has 0 bridgehead atoms. The van der Waals surface area contributed by atoms with Crippen LogP contribution in [0.4, 0.5) is 4.39 Å². The maximum Gasteiger partial charge on any atom is 0.189 e. The first-order chi connectivity index (χ1) is 11.0. The van der Waals surface area contributed by atoms with Gasteiger partial charge in [0.15, 0.2) is 5.96 Å². The van der Waals surface area contributed by atoms with E-state index in [9.17, 15) is 4.39 Å². The number of nitrogens with one attached hydrogen (secondary N) is 1. The van der Waals surface area contributed by atoms with Gasteiger partial charge in [-0.15, -0.1) is 24.0 Å². The minimum Gasteiger partial charge on any atom is -0.370 e. The molecule has 2 rings (SSSR count). The highest BCUT2D eigenvalue weighted by atomic mass is 127. The van der Waals surface area contributed by atoms with Gasteiger partial charge < -0.3 is 16.0 Å². The highest BCUT2D eigenvalue weighted by molar-refractivity contribution is 14.0. The summed E-state index contributed by atoms with van der Waals surface area (Å²) in [5.41, 5.74) is 7.52. The Balaban J connectivity index is 0.00000288. The first-order valence-corrected chi connectivity index (χ1v) is 8.53. The molecule has 0 radical (unpaired) electrons. The molecule has 1 fully saturated rings. The lowest BCUT2D eigenvalue weighted by Gasteiger charge is -2.16. The summed E-state index contributed by atoms with van der Waals surface area (Å²) in [6.45, 7) is 1.01. The summed E-state index contributed by atoms with van der Waals surface area (Å²) in [4.78, 5) is 6.31. The molecular formula is C18H30FIN4. The van der Waals surface area contributed by atoms with E-state index in [1.165, 1.54) is 25.7 Å². The molecule has 0 spiro atoms. The Labute approximate surface area is 162 Å². The monoisotopic (exact) mass is 448 g/mol. The van der Waals surface area contributed by atoms with Crippen LogP contribution in [-0.2, 0) is 13.1 Å². The molecule has 0 heterocycles. The third-order valence-electron chi connectivity index (χ3n) is 4.24. The lowest BCUT2D eigenvalue weighted by molar-refractivity contribution is 0.392. The molecule has 1 saturated carbocycles. The average Bonchev–Trinajstić information content (AvgIpc) is 2.76. The predicted octanol–water partition coefficient (Wildman–Crippen LogP) is 3.63. The molecule has 1 aromatic rings. The highest BCUT2D eigenvalue weighted by Gasteiger charge is 2.12. The number of rotatable bonds is 5. The first-order valence-electron chi connectivity index (χ1n) is 8.53. The number of benzene rings is 1. The fourth-order valence-corrected chi connectivity index (χ4v) is 3.01. The minimum atomic E-state index is -0.179. The van der Waals surface area contributed by atoms with Crippen molar-refractivity contribution in [1.29, 1.82) is 0 Å². The van der Waals surface area contributed by atoms with Crippen molar-refractivity contribution >= 4 is 29.9 Å². The van der Waals surface area contributed by atoms with Crippen molar-refractivity contribution in [2.24, 2.45) is 10.7 Å². The van der Waals surface area contributed by atoms with Crippen molar-refractivity contribution in [1.82, 2.24) is 10.2 Å². The number of nitrogens with two attached hydrogens (primary N) is 1. The Morgan fingerprint density at radius 1 is 1.25 bits per heavy atom. The van der Waals surface area contributed by atoms with Crippen LogP contribution in [0.15, 0.2) is 23.2 Å². The molecule has 6 heteroatoms. The van der Waals surface area contributed by atoms with E-state index in [1.54, 1.807) is 6.07 Å². The Hall–Kier alpha value is -0.890. The minimum absolute atomic E-state index is 0. The summed E-state index contributed by atoms with van der Waals surface area (Å²) in [5, 5.41) is 3.31. The number of nitrogens with zero attached hydrogens (tertiary/aromatic N) is 2. The molecule has 1 aromatic carbocycles. The predicted molar refractivity (Wildman–Crippen MR) is 109 cm³/mol. The zero-order valence-corrected chi connectivity index (χ0v) is 17.1. The van der Waals surface area contributed by atoms with Gasteiger partial charge in [0.05, 0.1) is 6.54 Å². The summed E-state index contributed by atoms with van der Waals surface area (Å²) in [5.74, 6) is 0.288. The van der Waals surface area contributed by atoms with Crippen LogP contribution in [0.1, 0.15) is 49.7 Å². The lowest BCUT2D eigenvalue weighted by Crippen LogP contribution is -2.39. The number of halogens is 2. The molecule has 0 aliphatic heterocycles. The van der Waals surface area contributed by atoms with Crippen LogP contribution in [0.3, 0.4) is 0 Å². The largest absolute Gasteiger partial charge is 0.370 e. The van der Waals surface area contributed by atoms with E-state index in [4.69, 9.17) is 5.73 Å². The zero-order valence-electron chi connectivity index (χ0n) is 14.7. The van der Waals surface area contributed by atoms with Crippen LogP contribution in [0.2, 0.25) is 0 Å². The molecule has 0 atom stereocenters. The van der Waals surface area contributed by atoms with Gasteiger partial charge in [0.2, 0.25) is 0 Å². The van der Waals surface area contributed by atoms with E-state index >= 15 is 0 Å². The standard InChI is InChI=1S/C18H29FN4.HI/c1-23(2)13-15-10-9-14(11-17(15)19)12-21-18(20)22-16-7-5-3-4-6-8-16;/h9-11,16H,3-8,12-13H2,1-2H3,(H3,20,21,22);1H. The van der Waals surface area contributed by atoms with Crippen molar-refractivity contribution in [2.75, 3.05) is 14.1 Å². The van der Waals surface area contributed by atoms with Crippen LogP contribution in [0, 0.1) is 5.82 Å². The van der Waals surface area contributed by atoms with Gasteiger partial charge in [-0.1, -0.05) is 37.8 Å². The number of hydrogen-bond acceptors (Lipinski definition) is 2. The normalized spacial score (nSPS) is 16.6. The second kappa shape index (κ2) is 10.9. The smallest absolute Gasteiger partial charge is 0.189 e. The first kappa shape index (κ1) is 21.2. The fourth-order valence-electron chi connectivity index (χ4n) is 3.01. The molecule has 0 unspecified atom stereocenters. The molecular weight excluding hydrogens is 418 g/mol. The maximum absolute atomic E-state index is 14.0. The van der Waals surface area contributed by atoms with E-state index in [0.29, 0.717) is 30.7 Å². The zero-order chi connectivity index (χ0) is 16.7. The van der Waals surface area contributed by atoms with Gasteiger partial charge in [-0.3, -0.25) is 0 Å². The summed E-state index contributed by atoms with van der Waals surface area (Å²) >= 11 is 0. The summed E-state index contributed by atoms with van der Waals surface area (Å²) in [6.07, 6.45) is 7.45. The van der Waals surface area contributed by atoms with Crippen LogP contribution in [0.5, 0.6) is 0 Å². The van der Waals surface area contributed by atoms with Gasteiger partial charge in [0, 0.05) is 18.2 Å². The van der Waals surface area contributed by atoms with Crippen molar-refractivity contribution in [3.8, 4) is 0 Å². The van der Waals surface area contributed by atoms with Crippen molar-refractivity contribution in [3.05, 3.63) is 35.1 Å². The molecule has 0 aromatic heterocycles. The quantitative estimate of drug-likeness (QED) is 0.313. The number of aliphatic imine (C=N–C) groups is 1. The van der Waals surface area contributed by atoms with Crippen molar-refractivity contribution in [3.63, 3.8) is 0 Å². The molecule has 0 amide bonds. The molecule has 4 nitrogen and oxygen atoms in total. The molecule has 1 aliphatic carbocycles. The fraction of sp³-hybridized carbons (Fsp3) is 0.611. The van der Waals surface area contributed by atoms with Crippen LogP contribution < -0.4 is 11.1 Å². The lowest BCUT2D eigenvalue weighted by atomic mass is 10.1. The SMILES string of the molecule is CN(C)Cc1ccc(CN=C(N)NC2CCCCCC2)cc1F.I. The third kappa shape index (κ3) is 7.34. The van der Waals surface area contributed by atoms with Gasteiger partial charge in [0.25, 0.3) is 0 Å². The second-order valence-corrected chi connectivity index (χ2v) is 6.70. The van der Waals surface area contributed by atoms with Gasteiger partial charge in [0.1, 0.15) is 5.82 Å². The highest BCUT2D eigenvalue weighted by Crippen LogP contribution is 2.17. The molecule has 0 saturated heterocycles. The van der Waals surface area contributed by atoms with E-state index in [2.05, 4.69) is 10.3 Å². The van der Waals surface area contributed by atoms with E-state index in [0.717, 1.165) is 18.4 Å². The Kier molecular flexibility index (Phi) is 9.58. The van der Waals surface area contributed by atoms with Crippen molar-refractivity contribution in [2.45, 2.75) is 57.7 Å². The van der Waals surface area contributed by atoms with Crippen LogP contribution in [-0.4, -0.2) is 31.0 Å². The average molecular weight is 448 g/mol. The second-order valence-electron chi connectivity index (χ2n) is 6.70. The summed E-state index contributed by atoms with van der Waals surface area (Å²) in [6, 6.07) is 5.74. The number of hydrogen-bond donors (Lipinski definition) is 2.